The Morgan fingerprint density at radius 3 is 3.00 bits per heavy atom. The Bertz CT molecular complexity index is 223. The highest BCUT2D eigenvalue weighted by Gasteiger charge is 1.92. The van der Waals surface area contributed by atoms with E-state index in [0.29, 0.717) is 6.54 Å². The Kier molecular flexibility index (Phi) is 1.72. The Hall–Kier alpha value is -0.990. The smallest absolute Gasteiger partial charge is 0.282 e. The zero-order valence-corrected chi connectivity index (χ0v) is 5.33. The summed E-state index contributed by atoms with van der Waals surface area (Å²) in [6.07, 6.45) is 2.32. The molecule has 0 aliphatic heterocycles. The third-order valence-corrected chi connectivity index (χ3v) is 1.07. The maximum atomic E-state index is 10.7. The molecule has 0 radical (unpaired) electrons. The largest absolute Gasteiger partial charge is 0.384 e. The summed E-state index contributed by atoms with van der Waals surface area (Å²) in [5, 5.41) is 0. The van der Waals surface area contributed by atoms with E-state index in [9.17, 15) is 4.79 Å². The van der Waals surface area contributed by atoms with Gasteiger partial charge < -0.3 is 4.52 Å². The van der Waals surface area contributed by atoms with Gasteiger partial charge in [0.05, 0.1) is 6.54 Å². The summed E-state index contributed by atoms with van der Waals surface area (Å²) >= 11 is 0. The highest BCUT2D eigenvalue weighted by Crippen LogP contribution is 1.84. The van der Waals surface area contributed by atoms with Crippen LogP contribution in [0.15, 0.2) is 21.6 Å². The van der Waals surface area contributed by atoms with Gasteiger partial charge in [0, 0.05) is 6.07 Å². The van der Waals surface area contributed by atoms with E-state index >= 15 is 0 Å². The fourth-order valence-corrected chi connectivity index (χ4v) is 0.663. The van der Waals surface area contributed by atoms with Gasteiger partial charge in [-0.2, -0.15) is 4.74 Å². The normalized spacial score (nSPS) is 9.89. The summed E-state index contributed by atoms with van der Waals surface area (Å²) in [5.41, 5.74) is -0.0585. The van der Waals surface area contributed by atoms with E-state index in [0.717, 1.165) is 6.42 Å². The quantitative estimate of drug-likeness (QED) is 0.590. The lowest BCUT2D eigenvalue weighted by molar-refractivity contribution is 0.259. The first-order chi connectivity index (χ1) is 4.34. The van der Waals surface area contributed by atoms with Crippen LogP contribution in [0.1, 0.15) is 13.3 Å². The molecule has 0 atom stereocenters. The van der Waals surface area contributed by atoms with Crippen LogP contribution in [0.5, 0.6) is 0 Å². The standard InChI is InChI=1S/C6H9NO2/c1-2-4-7-6(8)3-5-9-7/h3,5H,2,4H2,1H3. The first-order valence-electron chi connectivity index (χ1n) is 2.99. The van der Waals surface area contributed by atoms with E-state index in [2.05, 4.69) is 0 Å². The van der Waals surface area contributed by atoms with Crippen LogP contribution in [0.2, 0.25) is 0 Å². The molecule has 3 heteroatoms. The molecule has 0 aliphatic rings. The van der Waals surface area contributed by atoms with Crippen molar-refractivity contribution in [2.24, 2.45) is 0 Å². The predicted molar refractivity (Wildman–Crippen MR) is 33.3 cm³/mol. The molecule has 0 aliphatic carbocycles. The average molecular weight is 127 g/mol. The molecule has 0 fully saturated rings. The Balaban J connectivity index is 2.81. The van der Waals surface area contributed by atoms with E-state index in [1.165, 1.54) is 17.1 Å². The summed E-state index contributed by atoms with van der Waals surface area (Å²) in [5.74, 6) is 0. The molecule has 1 aromatic rings. The van der Waals surface area contributed by atoms with Gasteiger partial charge in [-0.15, -0.1) is 0 Å². The molecule has 50 valence electrons. The summed E-state index contributed by atoms with van der Waals surface area (Å²) < 4.78 is 6.14. The summed E-state index contributed by atoms with van der Waals surface area (Å²) in [6.45, 7) is 2.67. The lowest BCUT2D eigenvalue weighted by Gasteiger charge is -1.91. The van der Waals surface area contributed by atoms with Crippen LogP contribution < -0.4 is 5.56 Å². The molecule has 3 nitrogen and oxygen atoms in total. The fraction of sp³-hybridized carbons (Fsp3) is 0.500. The van der Waals surface area contributed by atoms with E-state index in [1.54, 1.807) is 0 Å². The van der Waals surface area contributed by atoms with Crippen molar-refractivity contribution in [1.29, 1.82) is 0 Å². The van der Waals surface area contributed by atoms with Crippen molar-refractivity contribution in [2.75, 3.05) is 0 Å². The van der Waals surface area contributed by atoms with E-state index in [4.69, 9.17) is 4.52 Å². The van der Waals surface area contributed by atoms with Crippen LogP contribution in [0.25, 0.3) is 0 Å². The van der Waals surface area contributed by atoms with Gasteiger partial charge in [-0.3, -0.25) is 4.79 Å². The number of hydrogen-bond donors (Lipinski definition) is 0. The molecule has 1 heterocycles. The van der Waals surface area contributed by atoms with Crippen LogP contribution in [-0.4, -0.2) is 4.74 Å². The van der Waals surface area contributed by atoms with Crippen molar-refractivity contribution in [1.82, 2.24) is 4.74 Å². The summed E-state index contributed by atoms with van der Waals surface area (Å²) in [7, 11) is 0. The second kappa shape index (κ2) is 2.53. The molecule has 0 amide bonds. The van der Waals surface area contributed by atoms with Crippen molar-refractivity contribution in [3.8, 4) is 0 Å². The second-order valence-electron chi connectivity index (χ2n) is 1.85. The van der Waals surface area contributed by atoms with Gasteiger partial charge in [0.15, 0.2) is 0 Å². The number of aryl methyl sites for hydroxylation is 1. The zero-order chi connectivity index (χ0) is 6.69. The van der Waals surface area contributed by atoms with Gasteiger partial charge in [-0.25, -0.2) is 0 Å². The van der Waals surface area contributed by atoms with Crippen LogP contribution >= 0.6 is 0 Å². The third-order valence-electron chi connectivity index (χ3n) is 1.07. The Morgan fingerprint density at radius 2 is 2.56 bits per heavy atom. The highest BCUT2D eigenvalue weighted by atomic mass is 16.5. The van der Waals surface area contributed by atoms with Crippen molar-refractivity contribution in [2.45, 2.75) is 19.9 Å². The lowest BCUT2D eigenvalue weighted by atomic mass is 10.5. The average Bonchev–Trinajstić information content (AvgIpc) is 2.18. The zero-order valence-electron chi connectivity index (χ0n) is 5.33. The van der Waals surface area contributed by atoms with Crippen molar-refractivity contribution >= 4 is 0 Å². The maximum Gasteiger partial charge on any atom is 0.282 e. The Labute approximate surface area is 52.9 Å². The number of aromatic nitrogens is 1. The van der Waals surface area contributed by atoms with Gasteiger partial charge in [-0.05, 0) is 6.42 Å². The molecule has 0 bridgehead atoms. The van der Waals surface area contributed by atoms with E-state index < -0.39 is 0 Å². The van der Waals surface area contributed by atoms with Crippen molar-refractivity contribution in [3.05, 3.63) is 22.7 Å². The number of nitrogens with zero attached hydrogens (tertiary/aromatic N) is 1. The molecule has 1 rings (SSSR count). The summed E-state index contributed by atoms with van der Waals surface area (Å²) in [6, 6.07) is 1.41. The fourth-order valence-electron chi connectivity index (χ4n) is 0.663. The minimum absolute atomic E-state index is 0.0585. The van der Waals surface area contributed by atoms with Crippen LogP contribution in [0, 0.1) is 0 Å². The maximum absolute atomic E-state index is 10.7. The minimum atomic E-state index is -0.0585. The number of rotatable bonds is 2. The SMILES string of the molecule is CCCn1occc1=O. The molecule has 9 heavy (non-hydrogen) atoms. The topological polar surface area (TPSA) is 35.1 Å². The molecule has 0 aromatic carbocycles. The van der Waals surface area contributed by atoms with Crippen molar-refractivity contribution < 1.29 is 4.52 Å². The Morgan fingerprint density at radius 1 is 1.78 bits per heavy atom. The van der Waals surface area contributed by atoms with E-state index in [-0.39, 0.29) is 5.56 Å². The third kappa shape index (κ3) is 1.22. The van der Waals surface area contributed by atoms with Crippen LogP contribution in [0.3, 0.4) is 0 Å². The molecule has 1 aromatic heterocycles. The van der Waals surface area contributed by atoms with Gasteiger partial charge in [0.1, 0.15) is 6.26 Å². The van der Waals surface area contributed by atoms with Crippen molar-refractivity contribution in [3.63, 3.8) is 0 Å². The molecule has 0 unspecified atom stereocenters. The van der Waals surface area contributed by atoms with Gasteiger partial charge in [-0.1, -0.05) is 6.92 Å². The molecule has 0 spiro atoms. The lowest BCUT2D eigenvalue weighted by Crippen LogP contribution is -2.12. The number of hydrogen-bond acceptors (Lipinski definition) is 2. The molecule has 0 saturated carbocycles. The second-order valence-corrected chi connectivity index (χ2v) is 1.85. The highest BCUT2D eigenvalue weighted by molar-refractivity contribution is 4.75. The van der Waals surface area contributed by atoms with Gasteiger partial charge >= 0.3 is 0 Å². The first-order valence-corrected chi connectivity index (χ1v) is 2.99. The molecule has 0 saturated heterocycles. The van der Waals surface area contributed by atoms with Gasteiger partial charge in [0.25, 0.3) is 5.56 Å². The first kappa shape index (κ1) is 6.13. The summed E-state index contributed by atoms with van der Waals surface area (Å²) in [4.78, 5) is 10.7. The minimum Gasteiger partial charge on any atom is -0.384 e. The van der Waals surface area contributed by atoms with Crippen LogP contribution in [0.4, 0.5) is 0 Å². The molecule has 0 N–H and O–H groups in total. The molecular weight excluding hydrogens is 118 g/mol. The predicted octanol–water partition coefficient (Wildman–Crippen LogP) is 0.851. The molecular formula is C6H9NO2. The van der Waals surface area contributed by atoms with E-state index in [1.807, 2.05) is 6.92 Å². The van der Waals surface area contributed by atoms with Crippen LogP contribution in [-0.2, 0) is 6.54 Å². The monoisotopic (exact) mass is 127 g/mol. The van der Waals surface area contributed by atoms with Gasteiger partial charge in [0.2, 0.25) is 0 Å².